The van der Waals surface area contributed by atoms with Crippen LogP contribution in [0.15, 0.2) is 46.9 Å². The third-order valence-electron chi connectivity index (χ3n) is 2.51. The summed E-state index contributed by atoms with van der Waals surface area (Å²) in [5.41, 5.74) is 2.63. The molecule has 2 rings (SSSR count). The second-order valence-electron chi connectivity index (χ2n) is 3.49. The quantitative estimate of drug-likeness (QED) is 0.837. The van der Waals surface area contributed by atoms with Crippen molar-refractivity contribution in [2.24, 2.45) is 0 Å². The highest BCUT2D eigenvalue weighted by Gasteiger charge is 2.12. The summed E-state index contributed by atoms with van der Waals surface area (Å²) in [6.07, 6.45) is 0. The lowest BCUT2D eigenvalue weighted by Crippen LogP contribution is -1.91. The van der Waals surface area contributed by atoms with Gasteiger partial charge in [0.25, 0.3) is 0 Å². The van der Waals surface area contributed by atoms with Crippen LogP contribution in [0, 0.1) is 11.3 Å². The topological polar surface area (TPSA) is 33.0 Å². The molecule has 0 bridgehead atoms. The van der Waals surface area contributed by atoms with E-state index in [1.807, 2.05) is 36.4 Å². The predicted molar refractivity (Wildman–Crippen MR) is 70.8 cm³/mol. The van der Waals surface area contributed by atoms with E-state index >= 15 is 0 Å². The van der Waals surface area contributed by atoms with E-state index in [4.69, 9.17) is 10.00 Å². The number of nitrogens with zero attached hydrogens (tertiary/aromatic N) is 1. The molecular formula is C14H10BrNO. The van der Waals surface area contributed by atoms with Gasteiger partial charge in [0.05, 0.1) is 17.1 Å². The second-order valence-corrected chi connectivity index (χ2v) is 4.28. The second kappa shape index (κ2) is 5.03. The van der Waals surface area contributed by atoms with Gasteiger partial charge in [-0.1, -0.05) is 36.4 Å². The van der Waals surface area contributed by atoms with Crippen molar-refractivity contribution in [3.05, 3.63) is 52.5 Å². The molecule has 2 nitrogen and oxygen atoms in total. The smallest absolute Gasteiger partial charge is 0.151 e. The van der Waals surface area contributed by atoms with Gasteiger partial charge in [0, 0.05) is 0 Å². The molecule has 0 atom stereocenters. The summed E-state index contributed by atoms with van der Waals surface area (Å²) in [5.74, 6) is 0.578. The van der Waals surface area contributed by atoms with Gasteiger partial charge in [-0.3, -0.25) is 0 Å². The zero-order valence-electron chi connectivity index (χ0n) is 9.27. The van der Waals surface area contributed by atoms with Crippen LogP contribution in [0.2, 0.25) is 0 Å². The number of rotatable bonds is 2. The van der Waals surface area contributed by atoms with Crippen LogP contribution in [0.3, 0.4) is 0 Å². The van der Waals surface area contributed by atoms with Gasteiger partial charge in [0.2, 0.25) is 0 Å². The van der Waals surface area contributed by atoms with Crippen LogP contribution in [-0.2, 0) is 0 Å². The molecule has 0 N–H and O–H groups in total. The number of halogens is 1. The zero-order chi connectivity index (χ0) is 12.3. The Balaban J connectivity index is 2.63. The molecular weight excluding hydrogens is 278 g/mol. The lowest BCUT2D eigenvalue weighted by atomic mass is 10.0. The molecule has 0 saturated carbocycles. The fourth-order valence-corrected chi connectivity index (χ4v) is 2.42. The van der Waals surface area contributed by atoms with Gasteiger partial charge >= 0.3 is 0 Å². The minimum absolute atomic E-state index is 0.527. The number of benzene rings is 2. The molecule has 0 aliphatic carbocycles. The van der Waals surface area contributed by atoms with Crippen molar-refractivity contribution in [2.45, 2.75) is 0 Å². The van der Waals surface area contributed by atoms with Crippen molar-refractivity contribution in [2.75, 3.05) is 7.11 Å². The van der Waals surface area contributed by atoms with Crippen molar-refractivity contribution in [1.82, 2.24) is 0 Å². The summed E-state index contributed by atoms with van der Waals surface area (Å²) in [6.45, 7) is 0. The number of hydrogen-bond acceptors (Lipinski definition) is 2. The van der Waals surface area contributed by atoms with Crippen molar-refractivity contribution in [3.8, 4) is 22.9 Å². The molecule has 2 aromatic rings. The Kier molecular flexibility index (Phi) is 3.46. The van der Waals surface area contributed by atoms with E-state index in [2.05, 4.69) is 22.0 Å². The van der Waals surface area contributed by atoms with Crippen LogP contribution in [0.5, 0.6) is 5.75 Å². The Labute approximate surface area is 109 Å². The van der Waals surface area contributed by atoms with E-state index in [9.17, 15) is 0 Å². The molecule has 0 radical (unpaired) electrons. The minimum Gasteiger partial charge on any atom is -0.494 e. The standard InChI is InChI=1S/C14H10BrNO/c1-17-14-11(9-16)7-8-12(13(14)15)10-5-3-2-4-6-10/h2-8H,1H3. The number of methoxy groups -OCH3 is 1. The molecule has 0 aliphatic rings. The van der Waals surface area contributed by atoms with Crippen LogP contribution in [0.4, 0.5) is 0 Å². The lowest BCUT2D eigenvalue weighted by molar-refractivity contribution is 0.411. The summed E-state index contributed by atoms with van der Waals surface area (Å²) >= 11 is 3.49. The van der Waals surface area contributed by atoms with Crippen LogP contribution in [-0.4, -0.2) is 7.11 Å². The maximum atomic E-state index is 8.98. The Morgan fingerprint density at radius 2 is 1.82 bits per heavy atom. The average molecular weight is 288 g/mol. The average Bonchev–Trinajstić information content (AvgIpc) is 2.39. The summed E-state index contributed by atoms with van der Waals surface area (Å²) in [6, 6.07) is 15.8. The van der Waals surface area contributed by atoms with E-state index in [1.165, 1.54) is 0 Å². The maximum Gasteiger partial charge on any atom is 0.151 e. The van der Waals surface area contributed by atoms with Crippen molar-refractivity contribution in [1.29, 1.82) is 5.26 Å². The molecule has 0 saturated heterocycles. The number of nitriles is 1. The van der Waals surface area contributed by atoms with Gasteiger partial charge in [-0.15, -0.1) is 0 Å². The van der Waals surface area contributed by atoms with Crippen molar-refractivity contribution >= 4 is 15.9 Å². The van der Waals surface area contributed by atoms with Crippen LogP contribution in [0.25, 0.3) is 11.1 Å². The molecule has 84 valence electrons. The van der Waals surface area contributed by atoms with E-state index in [1.54, 1.807) is 13.2 Å². The normalized spacial score (nSPS) is 9.71. The first-order valence-electron chi connectivity index (χ1n) is 5.10. The van der Waals surface area contributed by atoms with Gasteiger partial charge in [0.1, 0.15) is 6.07 Å². The first-order valence-corrected chi connectivity index (χ1v) is 5.89. The molecule has 17 heavy (non-hydrogen) atoms. The fourth-order valence-electron chi connectivity index (χ4n) is 1.68. The number of hydrogen-bond donors (Lipinski definition) is 0. The maximum absolute atomic E-state index is 8.98. The van der Waals surface area contributed by atoms with Crippen molar-refractivity contribution < 1.29 is 4.74 Å². The number of ether oxygens (including phenoxy) is 1. The van der Waals surface area contributed by atoms with Crippen LogP contribution >= 0.6 is 15.9 Å². The highest BCUT2D eigenvalue weighted by Crippen LogP contribution is 2.37. The molecule has 2 aromatic carbocycles. The predicted octanol–water partition coefficient (Wildman–Crippen LogP) is 4.00. The Morgan fingerprint density at radius 1 is 1.12 bits per heavy atom. The first kappa shape index (κ1) is 11.7. The summed E-state index contributed by atoms with van der Waals surface area (Å²) in [5, 5.41) is 8.98. The third-order valence-corrected chi connectivity index (χ3v) is 3.29. The largest absolute Gasteiger partial charge is 0.494 e. The summed E-state index contributed by atoms with van der Waals surface area (Å²) < 4.78 is 6.07. The highest BCUT2D eigenvalue weighted by atomic mass is 79.9. The van der Waals surface area contributed by atoms with E-state index < -0.39 is 0 Å². The van der Waals surface area contributed by atoms with E-state index in [-0.39, 0.29) is 0 Å². The van der Waals surface area contributed by atoms with Gasteiger partial charge in [-0.25, -0.2) is 0 Å². The Bertz CT molecular complexity index is 573. The van der Waals surface area contributed by atoms with Crippen LogP contribution in [0.1, 0.15) is 5.56 Å². The molecule has 0 amide bonds. The highest BCUT2D eigenvalue weighted by molar-refractivity contribution is 9.10. The Hall–Kier alpha value is -1.79. The minimum atomic E-state index is 0.527. The van der Waals surface area contributed by atoms with Gasteiger partial charge in [-0.05, 0) is 33.1 Å². The molecule has 0 heterocycles. The fraction of sp³-hybridized carbons (Fsp3) is 0.0714. The molecule has 0 aromatic heterocycles. The molecule has 0 fully saturated rings. The molecule has 0 unspecified atom stereocenters. The molecule has 3 heteroatoms. The summed E-state index contributed by atoms with van der Waals surface area (Å²) in [7, 11) is 1.57. The van der Waals surface area contributed by atoms with Gasteiger partial charge in [0.15, 0.2) is 5.75 Å². The molecule has 0 spiro atoms. The SMILES string of the molecule is COc1c(C#N)ccc(-c2ccccc2)c1Br. The first-order chi connectivity index (χ1) is 8.27. The lowest BCUT2D eigenvalue weighted by Gasteiger charge is -2.10. The van der Waals surface area contributed by atoms with E-state index in [0.717, 1.165) is 15.6 Å². The van der Waals surface area contributed by atoms with E-state index in [0.29, 0.717) is 11.3 Å². The third kappa shape index (κ3) is 2.17. The zero-order valence-corrected chi connectivity index (χ0v) is 10.9. The summed E-state index contributed by atoms with van der Waals surface area (Å²) in [4.78, 5) is 0. The van der Waals surface area contributed by atoms with Gasteiger partial charge in [-0.2, -0.15) is 5.26 Å². The van der Waals surface area contributed by atoms with Gasteiger partial charge < -0.3 is 4.74 Å². The van der Waals surface area contributed by atoms with Crippen molar-refractivity contribution in [3.63, 3.8) is 0 Å². The monoisotopic (exact) mass is 287 g/mol. The van der Waals surface area contributed by atoms with Crippen LogP contribution < -0.4 is 4.74 Å². The Morgan fingerprint density at radius 3 is 2.41 bits per heavy atom. The molecule has 0 aliphatic heterocycles.